The van der Waals surface area contributed by atoms with Crippen molar-refractivity contribution in [2.24, 2.45) is 0 Å². The third-order valence-corrected chi connectivity index (χ3v) is 5.58. The van der Waals surface area contributed by atoms with Crippen LogP contribution in [0.15, 0.2) is 84.9 Å². The third kappa shape index (κ3) is 9.52. The summed E-state index contributed by atoms with van der Waals surface area (Å²) < 4.78 is 5.93. The fourth-order valence-corrected chi connectivity index (χ4v) is 3.80. The molecule has 3 aromatic rings. The van der Waals surface area contributed by atoms with E-state index in [1.807, 2.05) is 24.3 Å². The molecule has 0 bridgehead atoms. The van der Waals surface area contributed by atoms with Gasteiger partial charge in [0.25, 0.3) is 0 Å². The zero-order valence-electron chi connectivity index (χ0n) is 18.8. The quantitative estimate of drug-likeness (QED) is 0.224. The van der Waals surface area contributed by atoms with Crippen molar-refractivity contribution in [1.82, 2.24) is 5.32 Å². The Hall–Kier alpha value is -2.85. The van der Waals surface area contributed by atoms with Crippen LogP contribution in [0, 0.1) is 0 Å². The number of rotatable bonds is 13. The molecule has 0 unspecified atom stereocenters. The normalized spacial score (nSPS) is 10.5. The predicted octanol–water partition coefficient (Wildman–Crippen LogP) is 6.79. The van der Waals surface area contributed by atoms with Crippen LogP contribution in [0.2, 0.25) is 0 Å². The van der Waals surface area contributed by atoms with E-state index in [0.29, 0.717) is 5.11 Å². The molecule has 32 heavy (non-hydrogen) atoms. The largest absolute Gasteiger partial charge is 0.494 e. The van der Waals surface area contributed by atoms with E-state index >= 15 is 0 Å². The first-order valence-electron chi connectivity index (χ1n) is 11.7. The molecule has 3 aromatic carbocycles. The number of hydrogen-bond acceptors (Lipinski definition) is 2. The van der Waals surface area contributed by atoms with Crippen LogP contribution in [-0.2, 0) is 12.8 Å². The van der Waals surface area contributed by atoms with Gasteiger partial charge in [0.15, 0.2) is 5.11 Å². The first-order valence-corrected chi connectivity index (χ1v) is 12.1. The zero-order chi connectivity index (χ0) is 22.3. The molecule has 0 atom stereocenters. The second kappa shape index (κ2) is 14.3. The Morgan fingerprint density at radius 2 is 1.34 bits per heavy atom. The molecular weight excluding hydrogens is 412 g/mol. The zero-order valence-corrected chi connectivity index (χ0v) is 19.6. The van der Waals surface area contributed by atoms with Gasteiger partial charge in [0.2, 0.25) is 0 Å². The van der Waals surface area contributed by atoms with Crippen LogP contribution in [0.3, 0.4) is 0 Å². The summed E-state index contributed by atoms with van der Waals surface area (Å²) in [6, 6.07) is 29.3. The first kappa shape index (κ1) is 23.8. The van der Waals surface area contributed by atoms with Crippen molar-refractivity contribution in [2.45, 2.75) is 44.9 Å². The highest BCUT2D eigenvalue weighted by molar-refractivity contribution is 7.80. The number of nitrogens with one attached hydrogen (secondary N) is 2. The molecule has 0 aliphatic heterocycles. The highest BCUT2D eigenvalue weighted by Crippen LogP contribution is 2.18. The van der Waals surface area contributed by atoms with Crippen LogP contribution >= 0.6 is 12.2 Å². The van der Waals surface area contributed by atoms with Crippen molar-refractivity contribution in [3.8, 4) is 5.75 Å². The van der Waals surface area contributed by atoms with Gasteiger partial charge in [-0.25, -0.2) is 0 Å². The van der Waals surface area contributed by atoms with Crippen molar-refractivity contribution in [1.29, 1.82) is 0 Å². The van der Waals surface area contributed by atoms with Gasteiger partial charge in [-0.2, -0.15) is 0 Å². The van der Waals surface area contributed by atoms with Crippen molar-refractivity contribution in [3.63, 3.8) is 0 Å². The highest BCUT2D eigenvalue weighted by atomic mass is 32.1. The lowest BCUT2D eigenvalue weighted by Crippen LogP contribution is -2.29. The van der Waals surface area contributed by atoms with Crippen molar-refractivity contribution in [3.05, 3.63) is 96.1 Å². The number of hydrogen-bond donors (Lipinski definition) is 2. The van der Waals surface area contributed by atoms with Gasteiger partial charge in [0.1, 0.15) is 5.75 Å². The first-order chi connectivity index (χ1) is 15.8. The van der Waals surface area contributed by atoms with Gasteiger partial charge in [0.05, 0.1) is 6.61 Å². The maximum Gasteiger partial charge on any atom is 0.170 e. The number of thiocarbonyl (C=S) groups is 1. The molecule has 2 N–H and O–H groups in total. The minimum Gasteiger partial charge on any atom is -0.494 e. The maximum atomic E-state index is 5.93. The molecule has 168 valence electrons. The van der Waals surface area contributed by atoms with Crippen molar-refractivity contribution >= 4 is 23.0 Å². The van der Waals surface area contributed by atoms with Gasteiger partial charge in [-0.3, -0.25) is 0 Å². The molecule has 0 aliphatic rings. The Labute approximate surface area is 198 Å². The molecule has 3 nitrogen and oxygen atoms in total. The van der Waals surface area contributed by atoms with Crippen molar-refractivity contribution in [2.75, 3.05) is 18.5 Å². The summed E-state index contributed by atoms with van der Waals surface area (Å²) in [5.74, 6) is 0.878. The average molecular weight is 447 g/mol. The fourth-order valence-electron chi connectivity index (χ4n) is 3.58. The number of unbranched alkanes of at least 4 members (excludes halogenated alkanes) is 3. The number of aryl methyl sites for hydroxylation is 2. The summed E-state index contributed by atoms with van der Waals surface area (Å²) in [5.41, 5.74) is 3.75. The molecule has 4 heteroatoms. The molecule has 0 saturated carbocycles. The smallest absolute Gasteiger partial charge is 0.170 e. The van der Waals surface area contributed by atoms with E-state index in [0.717, 1.165) is 56.7 Å². The molecule has 0 radical (unpaired) electrons. The number of benzene rings is 3. The molecule has 0 saturated heterocycles. The highest BCUT2D eigenvalue weighted by Gasteiger charge is 2.01. The molecule has 0 spiro atoms. The summed E-state index contributed by atoms with van der Waals surface area (Å²) in [5, 5.41) is 7.21. The van der Waals surface area contributed by atoms with E-state index in [1.165, 1.54) is 24.0 Å². The van der Waals surface area contributed by atoms with E-state index in [1.54, 1.807) is 0 Å². The Kier molecular flexibility index (Phi) is 10.6. The minimum atomic E-state index is 0.655. The topological polar surface area (TPSA) is 33.3 Å². The SMILES string of the molecule is S=C(NCCCCc1ccccc1)Nc1cccc(OCCCCCc2ccccc2)c1. The molecule has 3 rings (SSSR count). The van der Waals surface area contributed by atoms with Crippen LogP contribution in [-0.4, -0.2) is 18.3 Å². The van der Waals surface area contributed by atoms with Gasteiger partial charge in [-0.1, -0.05) is 66.7 Å². The van der Waals surface area contributed by atoms with E-state index in [4.69, 9.17) is 17.0 Å². The molecule has 0 aliphatic carbocycles. The standard InChI is InChI=1S/C28H34N2OS/c32-28(29-21-10-9-18-25-15-6-2-7-16-25)30-26-19-12-20-27(23-26)31-22-11-3-8-17-24-13-4-1-5-14-24/h1-2,4-7,12-16,19-20,23H,3,8-11,17-18,21-22H2,(H2,29,30,32). The van der Waals surface area contributed by atoms with Crippen LogP contribution in [0.25, 0.3) is 0 Å². The Morgan fingerprint density at radius 1 is 0.688 bits per heavy atom. The van der Waals surface area contributed by atoms with E-state index in [2.05, 4.69) is 71.3 Å². The predicted molar refractivity (Wildman–Crippen MR) is 140 cm³/mol. The molecular formula is C28H34N2OS. The number of ether oxygens (including phenoxy) is 1. The third-order valence-electron chi connectivity index (χ3n) is 5.33. The van der Waals surface area contributed by atoms with E-state index in [-0.39, 0.29) is 0 Å². The summed E-state index contributed by atoms with van der Waals surface area (Å²) in [6.07, 6.45) is 7.91. The summed E-state index contributed by atoms with van der Waals surface area (Å²) in [4.78, 5) is 0. The molecule has 0 fully saturated rings. The van der Waals surface area contributed by atoms with Gasteiger partial charge in [-0.15, -0.1) is 0 Å². The lowest BCUT2D eigenvalue weighted by atomic mass is 10.1. The van der Waals surface area contributed by atoms with Gasteiger partial charge >= 0.3 is 0 Å². The maximum absolute atomic E-state index is 5.93. The van der Waals surface area contributed by atoms with Crippen LogP contribution in [0.1, 0.15) is 43.2 Å². The van der Waals surface area contributed by atoms with Crippen LogP contribution < -0.4 is 15.4 Å². The summed E-state index contributed by atoms with van der Waals surface area (Å²) in [7, 11) is 0. The lowest BCUT2D eigenvalue weighted by Gasteiger charge is -2.12. The molecule has 0 heterocycles. The monoisotopic (exact) mass is 446 g/mol. The Morgan fingerprint density at radius 3 is 2.03 bits per heavy atom. The van der Waals surface area contributed by atoms with E-state index < -0.39 is 0 Å². The van der Waals surface area contributed by atoms with Crippen molar-refractivity contribution < 1.29 is 4.74 Å². The summed E-state index contributed by atoms with van der Waals surface area (Å²) in [6.45, 7) is 1.61. The van der Waals surface area contributed by atoms with Gasteiger partial charge in [-0.05, 0) is 80.4 Å². The fraction of sp³-hybridized carbons (Fsp3) is 0.321. The number of anilines is 1. The second-order valence-electron chi connectivity index (χ2n) is 8.00. The Bertz CT molecular complexity index is 915. The van der Waals surface area contributed by atoms with Gasteiger partial charge < -0.3 is 15.4 Å². The molecule has 0 aromatic heterocycles. The second-order valence-corrected chi connectivity index (χ2v) is 8.40. The van der Waals surface area contributed by atoms with E-state index in [9.17, 15) is 0 Å². The van der Waals surface area contributed by atoms with Crippen LogP contribution in [0.5, 0.6) is 5.75 Å². The van der Waals surface area contributed by atoms with Crippen LogP contribution in [0.4, 0.5) is 5.69 Å². The average Bonchev–Trinajstić information content (AvgIpc) is 2.83. The lowest BCUT2D eigenvalue weighted by molar-refractivity contribution is 0.305. The van der Waals surface area contributed by atoms with Gasteiger partial charge in [0, 0.05) is 18.3 Å². The summed E-state index contributed by atoms with van der Waals surface area (Å²) >= 11 is 5.43. The minimum absolute atomic E-state index is 0.655. The molecule has 0 amide bonds. The Balaban J connectivity index is 1.26.